The van der Waals surface area contributed by atoms with Crippen LogP contribution >= 0.6 is 0 Å². The van der Waals surface area contributed by atoms with E-state index < -0.39 is 0 Å². The Bertz CT molecular complexity index is 698. The molecule has 0 radical (unpaired) electrons. The molecule has 0 bridgehead atoms. The lowest BCUT2D eigenvalue weighted by molar-refractivity contribution is -0.121. The Morgan fingerprint density at radius 1 is 1.42 bits per heavy atom. The number of hydrogen-bond acceptors (Lipinski definition) is 4. The highest BCUT2D eigenvalue weighted by molar-refractivity contribution is 5.76. The summed E-state index contributed by atoms with van der Waals surface area (Å²) in [5.74, 6) is 0.866. The molecule has 1 atom stereocenters. The SMILES string of the molecule is Cc1[nH]nc(CCC(=O)N[C@H](C)c2nncn2C2CCCC2)c1C. The summed E-state index contributed by atoms with van der Waals surface area (Å²) in [4.78, 5) is 12.3. The quantitative estimate of drug-likeness (QED) is 0.852. The second kappa shape index (κ2) is 7.15. The zero-order valence-electron chi connectivity index (χ0n) is 14.7. The van der Waals surface area contributed by atoms with Crippen molar-refractivity contribution in [3.8, 4) is 0 Å². The third-order valence-corrected chi connectivity index (χ3v) is 5.03. The van der Waals surface area contributed by atoms with Crippen LogP contribution in [0.15, 0.2) is 6.33 Å². The third-order valence-electron chi connectivity index (χ3n) is 5.03. The van der Waals surface area contributed by atoms with Crippen molar-refractivity contribution in [3.05, 3.63) is 29.1 Å². The molecular weight excluding hydrogens is 304 g/mol. The minimum atomic E-state index is -0.136. The van der Waals surface area contributed by atoms with Crippen LogP contribution in [0, 0.1) is 13.8 Å². The summed E-state index contributed by atoms with van der Waals surface area (Å²) in [5.41, 5.74) is 3.16. The van der Waals surface area contributed by atoms with Crippen LogP contribution in [0.2, 0.25) is 0 Å². The van der Waals surface area contributed by atoms with E-state index in [0.29, 0.717) is 18.9 Å². The van der Waals surface area contributed by atoms with Crippen molar-refractivity contribution in [3.63, 3.8) is 0 Å². The monoisotopic (exact) mass is 330 g/mol. The number of carbonyl (C=O) groups is 1. The van der Waals surface area contributed by atoms with E-state index in [2.05, 4.69) is 30.3 Å². The van der Waals surface area contributed by atoms with E-state index >= 15 is 0 Å². The Morgan fingerprint density at radius 2 is 2.17 bits per heavy atom. The van der Waals surface area contributed by atoms with Gasteiger partial charge in [-0.2, -0.15) is 5.10 Å². The number of nitrogens with one attached hydrogen (secondary N) is 2. The van der Waals surface area contributed by atoms with Gasteiger partial charge in [-0.15, -0.1) is 10.2 Å². The van der Waals surface area contributed by atoms with Crippen molar-refractivity contribution in [2.45, 2.75) is 71.4 Å². The standard InChI is InChI=1S/C17H26N6O/c1-11-12(2)20-21-15(11)8-9-16(24)19-13(3)17-22-18-10-23(17)14-6-4-5-7-14/h10,13-14H,4-9H2,1-3H3,(H,19,24)(H,20,21)/t13-/m1/s1. The third kappa shape index (κ3) is 3.49. The van der Waals surface area contributed by atoms with Gasteiger partial charge in [-0.3, -0.25) is 9.89 Å². The molecule has 0 spiro atoms. The zero-order chi connectivity index (χ0) is 17.1. The van der Waals surface area contributed by atoms with E-state index in [-0.39, 0.29) is 11.9 Å². The Morgan fingerprint density at radius 3 is 2.83 bits per heavy atom. The number of aromatic amines is 1. The topological polar surface area (TPSA) is 88.5 Å². The van der Waals surface area contributed by atoms with E-state index in [4.69, 9.17) is 0 Å². The lowest BCUT2D eigenvalue weighted by Crippen LogP contribution is -2.29. The summed E-state index contributed by atoms with van der Waals surface area (Å²) in [6, 6.07) is 0.339. The molecule has 130 valence electrons. The number of aryl methyl sites for hydroxylation is 2. The summed E-state index contributed by atoms with van der Waals surface area (Å²) in [6.45, 7) is 5.99. The Hall–Kier alpha value is -2.18. The highest BCUT2D eigenvalue weighted by Gasteiger charge is 2.23. The zero-order valence-corrected chi connectivity index (χ0v) is 14.7. The summed E-state index contributed by atoms with van der Waals surface area (Å²) in [5, 5.41) is 18.5. The van der Waals surface area contributed by atoms with Gasteiger partial charge in [0.2, 0.25) is 5.91 Å². The summed E-state index contributed by atoms with van der Waals surface area (Å²) < 4.78 is 2.14. The van der Waals surface area contributed by atoms with Crippen LogP contribution in [-0.4, -0.2) is 30.9 Å². The van der Waals surface area contributed by atoms with Crippen LogP contribution < -0.4 is 5.32 Å². The minimum absolute atomic E-state index is 0.0172. The fourth-order valence-corrected chi connectivity index (χ4v) is 3.41. The molecule has 2 aromatic heterocycles. The second-order valence-corrected chi connectivity index (χ2v) is 6.74. The van der Waals surface area contributed by atoms with Gasteiger partial charge in [0.1, 0.15) is 6.33 Å². The predicted octanol–water partition coefficient (Wildman–Crippen LogP) is 2.54. The predicted molar refractivity (Wildman–Crippen MR) is 90.5 cm³/mol. The molecule has 2 heterocycles. The maximum absolute atomic E-state index is 12.3. The van der Waals surface area contributed by atoms with Gasteiger partial charge in [0.25, 0.3) is 0 Å². The molecule has 1 aliphatic rings. The summed E-state index contributed by atoms with van der Waals surface area (Å²) >= 11 is 0. The number of carbonyl (C=O) groups excluding carboxylic acids is 1. The van der Waals surface area contributed by atoms with Gasteiger partial charge in [0.05, 0.1) is 11.7 Å². The maximum Gasteiger partial charge on any atom is 0.220 e. The van der Waals surface area contributed by atoms with E-state index in [1.54, 1.807) is 6.33 Å². The minimum Gasteiger partial charge on any atom is -0.346 e. The number of H-pyrrole nitrogens is 1. The molecule has 24 heavy (non-hydrogen) atoms. The average molecular weight is 330 g/mol. The van der Waals surface area contributed by atoms with Gasteiger partial charge < -0.3 is 9.88 Å². The molecule has 2 N–H and O–H groups in total. The maximum atomic E-state index is 12.3. The Labute approximate surface area is 142 Å². The lowest BCUT2D eigenvalue weighted by Gasteiger charge is -2.18. The highest BCUT2D eigenvalue weighted by atomic mass is 16.1. The molecule has 2 aromatic rings. The first-order chi connectivity index (χ1) is 11.6. The van der Waals surface area contributed by atoms with Gasteiger partial charge >= 0.3 is 0 Å². The fourth-order valence-electron chi connectivity index (χ4n) is 3.41. The van der Waals surface area contributed by atoms with Crippen LogP contribution in [0.4, 0.5) is 0 Å². The number of aromatic nitrogens is 5. The first-order valence-electron chi connectivity index (χ1n) is 8.75. The molecule has 7 heteroatoms. The molecule has 0 aromatic carbocycles. The van der Waals surface area contributed by atoms with Gasteiger partial charge in [0, 0.05) is 24.6 Å². The normalized spacial score (nSPS) is 16.5. The Kier molecular flexibility index (Phi) is 4.97. The van der Waals surface area contributed by atoms with Crippen molar-refractivity contribution >= 4 is 5.91 Å². The fraction of sp³-hybridized carbons (Fsp3) is 0.647. The Balaban J connectivity index is 1.56. The molecule has 0 unspecified atom stereocenters. The highest BCUT2D eigenvalue weighted by Crippen LogP contribution is 2.31. The summed E-state index contributed by atoms with van der Waals surface area (Å²) in [7, 11) is 0. The van der Waals surface area contributed by atoms with Crippen molar-refractivity contribution in [1.29, 1.82) is 0 Å². The van der Waals surface area contributed by atoms with Crippen molar-refractivity contribution < 1.29 is 4.79 Å². The number of hydrogen-bond donors (Lipinski definition) is 2. The van der Waals surface area contributed by atoms with Crippen LogP contribution in [0.1, 0.15) is 73.9 Å². The van der Waals surface area contributed by atoms with Crippen molar-refractivity contribution in [1.82, 2.24) is 30.3 Å². The smallest absolute Gasteiger partial charge is 0.220 e. The molecule has 3 rings (SSSR count). The number of rotatable bonds is 6. The molecule has 0 saturated heterocycles. The van der Waals surface area contributed by atoms with Crippen LogP contribution in [0.25, 0.3) is 0 Å². The molecule has 7 nitrogen and oxygen atoms in total. The van der Waals surface area contributed by atoms with E-state index in [9.17, 15) is 4.79 Å². The molecular formula is C17H26N6O. The number of nitrogens with zero attached hydrogens (tertiary/aromatic N) is 4. The van der Waals surface area contributed by atoms with Crippen LogP contribution in [-0.2, 0) is 11.2 Å². The summed E-state index contributed by atoms with van der Waals surface area (Å²) in [6.07, 6.45) is 7.71. The molecule has 1 saturated carbocycles. The lowest BCUT2D eigenvalue weighted by atomic mass is 10.1. The van der Waals surface area contributed by atoms with E-state index in [0.717, 1.165) is 22.8 Å². The van der Waals surface area contributed by atoms with Crippen LogP contribution in [0.3, 0.4) is 0 Å². The number of amides is 1. The van der Waals surface area contributed by atoms with E-state index in [1.165, 1.54) is 25.7 Å². The first kappa shape index (κ1) is 16.7. The van der Waals surface area contributed by atoms with Gasteiger partial charge in [-0.1, -0.05) is 12.8 Å². The molecule has 1 fully saturated rings. The van der Waals surface area contributed by atoms with Crippen molar-refractivity contribution in [2.24, 2.45) is 0 Å². The van der Waals surface area contributed by atoms with Gasteiger partial charge in [0.15, 0.2) is 5.82 Å². The first-order valence-corrected chi connectivity index (χ1v) is 8.75. The second-order valence-electron chi connectivity index (χ2n) is 6.74. The van der Waals surface area contributed by atoms with Crippen molar-refractivity contribution in [2.75, 3.05) is 0 Å². The molecule has 0 aliphatic heterocycles. The van der Waals surface area contributed by atoms with Crippen LogP contribution in [0.5, 0.6) is 0 Å². The molecule has 1 amide bonds. The largest absolute Gasteiger partial charge is 0.346 e. The van der Waals surface area contributed by atoms with Gasteiger partial charge in [-0.25, -0.2) is 0 Å². The molecule has 1 aliphatic carbocycles. The van der Waals surface area contributed by atoms with Gasteiger partial charge in [-0.05, 0) is 39.2 Å². The van der Waals surface area contributed by atoms with E-state index in [1.807, 2.05) is 20.8 Å². The average Bonchev–Trinajstić information content (AvgIpc) is 3.28.